The van der Waals surface area contributed by atoms with E-state index in [0.29, 0.717) is 24.0 Å². The van der Waals surface area contributed by atoms with E-state index < -0.39 is 0 Å². The number of rotatable bonds is 9. The lowest BCUT2D eigenvalue weighted by atomic mass is 9.97. The molecule has 2 atom stereocenters. The van der Waals surface area contributed by atoms with Gasteiger partial charge in [0, 0.05) is 12.2 Å². The van der Waals surface area contributed by atoms with Gasteiger partial charge in [-0.1, -0.05) is 32.8 Å². The molecule has 0 aliphatic rings. The van der Waals surface area contributed by atoms with Crippen LogP contribution in [0.1, 0.15) is 53.4 Å². The lowest BCUT2D eigenvalue weighted by molar-refractivity contribution is -0.139. The van der Waals surface area contributed by atoms with Gasteiger partial charge < -0.3 is 9.84 Å². The molecular weight excluding hydrogens is 228 g/mol. The fourth-order valence-electron chi connectivity index (χ4n) is 1.63. The SMILES string of the molecule is C/C=C(/C)C(=O)OCCC(C)CCCC(C)CO. The minimum atomic E-state index is -0.210. The third kappa shape index (κ3) is 8.29. The van der Waals surface area contributed by atoms with Crippen molar-refractivity contribution in [1.29, 1.82) is 0 Å². The van der Waals surface area contributed by atoms with Gasteiger partial charge in [-0.05, 0) is 38.5 Å². The number of hydrogen-bond donors (Lipinski definition) is 1. The molecule has 1 N–H and O–H groups in total. The van der Waals surface area contributed by atoms with E-state index in [2.05, 4.69) is 13.8 Å². The van der Waals surface area contributed by atoms with Crippen molar-refractivity contribution in [3.8, 4) is 0 Å². The van der Waals surface area contributed by atoms with E-state index in [1.165, 1.54) is 0 Å². The molecule has 18 heavy (non-hydrogen) atoms. The van der Waals surface area contributed by atoms with E-state index >= 15 is 0 Å². The summed E-state index contributed by atoms with van der Waals surface area (Å²) in [5.41, 5.74) is 0.666. The van der Waals surface area contributed by atoms with Crippen LogP contribution in [-0.2, 0) is 9.53 Å². The van der Waals surface area contributed by atoms with Gasteiger partial charge in [0.15, 0.2) is 0 Å². The average Bonchev–Trinajstić information content (AvgIpc) is 2.37. The number of hydrogen-bond acceptors (Lipinski definition) is 3. The fraction of sp³-hybridized carbons (Fsp3) is 0.800. The first-order valence-corrected chi connectivity index (χ1v) is 6.92. The molecule has 0 saturated carbocycles. The number of aliphatic hydroxyl groups is 1. The number of ether oxygens (including phenoxy) is 1. The molecule has 0 aromatic carbocycles. The fourth-order valence-corrected chi connectivity index (χ4v) is 1.63. The lowest BCUT2D eigenvalue weighted by Crippen LogP contribution is -2.10. The minimum Gasteiger partial charge on any atom is -0.462 e. The van der Waals surface area contributed by atoms with Crippen LogP contribution in [0, 0.1) is 11.8 Å². The minimum absolute atomic E-state index is 0.210. The highest BCUT2D eigenvalue weighted by molar-refractivity contribution is 5.87. The highest BCUT2D eigenvalue weighted by Crippen LogP contribution is 2.15. The van der Waals surface area contributed by atoms with Gasteiger partial charge in [-0.15, -0.1) is 0 Å². The van der Waals surface area contributed by atoms with Gasteiger partial charge in [-0.3, -0.25) is 0 Å². The van der Waals surface area contributed by atoms with E-state index in [0.717, 1.165) is 25.7 Å². The monoisotopic (exact) mass is 256 g/mol. The van der Waals surface area contributed by atoms with Gasteiger partial charge in [-0.25, -0.2) is 4.79 Å². The van der Waals surface area contributed by atoms with Crippen LogP contribution in [0.3, 0.4) is 0 Å². The Morgan fingerprint density at radius 1 is 1.22 bits per heavy atom. The van der Waals surface area contributed by atoms with Crippen LogP contribution in [0.2, 0.25) is 0 Å². The van der Waals surface area contributed by atoms with Crippen molar-refractivity contribution >= 4 is 5.97 Å². The van der Waals surface area contributed by atoms with Crippen LogP contribution < -0.4 is 0 Å². The Bertz CT molecular complexity index is 258. The Balaban J connectivity index is 3.59. The van der Waals surface area contributed by atoms with E-state index in [1.807, 2.05) is 6.92 Å². The second-order valence-electron chi connectivity index (χ2n) is 5.22. The van der Waals surface area contributed by atoms with Crippen molar-refractivity contribution in [3.63, 3.8) is 0 Å². The normalized spacial score (nSPS) is 15.3. The van der Waals surface area contributed by atoms with Crippen molar-refractivity contribution in [2.75, 3.05) is 13.2 Å². The van der Waals surface area contributed by atoms with Crippen LogP contribution in [0.15, 0.2) is 11.6 Å². The molecule has 0 bridgehead atoms. The second kappa shape index (κ2) is 10.1. The summed E-state index contributed by atoms with van der Waals surface area (Å²) in [7, 11) is 0. The largest absolute Gasteiger partial charge is 0.462 e. The molecule has 0 radical (unpaired) electrons. The van der Waals surface area contributed by atoms with Gasteiger partial charge in [0.25, 0.3) is 0 Å². The Morgan fingerprint density at radius 3 is 2.39 bits per heavy atom. The zero-order valence-electron chi connectivity index (χ0n) is 12.2. The molecule has 0 heterocycles. The molecule has 0 amide bonds. The van der Waals surface area contributed by atoms with Crippen LogP contribution >= 0.6 is 0 Å². The van der Waals surface area contributed by atoms with Crippen LogP contribution in [-0.4, -0.2) is 24.3 Å². The Morgan fingerprint density at radius 2 is 1.83 bits per heavy atom. The number of allylic oxidation sites excluding steroid dienone is 1. The summed E-state index contributed by atoms with van der Waals surface area (Å²) in [4.78, 5) is 11.4. The highest BCUT2D eigenvalue weighted by Gasteiger charge is 2.08. The summed E-state index contributed by atoms with van der Waals surface area (Å²) in [6.45, 7) is 8.62. The summed E-state index contributed by atoms with van der Waals surface area (Å²) >= 11 is 0. The highest BCUT2D eigenvalue weighted by atomic mass is 16.5. The topological polar surface area (TPSA) is 46.5 Å². The van der Waals surface area contributed by atoms with E-state index in [-0.39, 0.29) is 12.6 Å². The third-order valence-corrected chi connectivity index (χ3v) is 3.30. The molecule has 0 spiro atoms. The molecule has 0 fully saturated rings. The molecule has 0 aliphatic heterocycles. The van der Waals surface area contributed by atoms with Gasteiger partial charge in [0.05, 0.1) is 6.61 Å². The maximum absolute atomic E-state index is 11.4. The zero-order chi connectivity index (χ0) is 14.0. The first-order valence-electron chi connectivity index (χ1n) is 6.92. The lowest BCUT2D eigenvalue weighted by Gasteiger charge is -2.13. The molecule has 0 saturated heterocycles. The first kappa shape index (κ1) is 17.2. The van der Waals surface area contributed by atoms with Crippen molar-refractivity contribution in [2.45, 2.75) is 53.4 Å². The van der Waals surface area contributed by atoms with Crippen molar-refractivity contribution < 1.29 is 14.6 Å². The Kier molecular flexibility index (Phi) is 9.66. The molecule has 0 aromatic rings. The van der Waals surface area contributed by atoms with Gasteiger partial charge in [-0.2, -0.15) is 0 Å². The Labute approximate surface area is 111 Å². The quantitative estimate of drug-likeness (QED) is 0.508. The molecule has 3 nitrogen and oxygen atoms in total. The van der Waals surface area contributed by atoms with Crippen LogP contribution in [0.5, 0.6) is 0 Å². The molecule has 0 rings (SSSR count). The third-order valence-electron chi connectivity index (χ3n) is 3.30. The molecule has 0 aromatic heterocycles. The summed E-state index contributed by atoms with van der Waals surface area (Å²) < 4.78 is 5.17. The Hall–Kier alpha value is -0.830. The van der Waals surface area contributed by atoms with E-state index in [9.17, 15) is 4.79 Å². The second-order valence-corrected chi connectivity index (χ2v) is 5.22. The summed E-state index contributed by atoms with van der Waals surface area (Å²) in [6.07, 6.45) is 6.01. The standard InChI is InChI=1S/C15H28O3/c1-5-14(4)15(17)18-10-9-12(2)7-6-8-13(3)11-16/h5,12-13,16H,6-11H2,1-4H3/b14-5-. The van der Waals surface area contributed by atoms with Gasteiger partial charge in [0.1, 0.15) is 0 Å². The van der Waals surface area contributed by atoms with Crippen LogP contribution in [0.25, 0.3) is 0 Å². The molecule has 106 valence electrons. The molecule has 2 unspecified atom stereocenters. The number of carbonyl (C=O) groups excluding carboxylic acids is 1. The summed E-state index contributed by atoms with van der Waals surface area (Å²) in [5, 5.41) is 8.92. The average molecular weight is 256 g/mol. The number of aliphatic hydroxyl groups excluding tert-OH is 1. The smallest absolute Gasteiger partial charge is 0.333 e. The maximum Gasteiger partial charge on any atom is 0.333 e. The first-order chi connectivity index (χ1) is 8.51. The van der Waals surface area contributed by atoms with Gasteiger partial charge >= 0.3 is 5.97 Å². The van der Waals surface area contributed by atoms with E-state index in [4.69, 9.17) is 9.84 Å². The molecular formula is C15H28O3. The van der Waals surface area contributed by atoms with Crippen molar-refractivity contribution in [3.05, 3.63) is 11.6 Å². The predicted molar refractivity (Wildman–Crippen MR) is 74.3 cm³/mol. The number of carbonyl (C=O) groups is 1. The van der Waals surface area contributed by atoms with Gasteiger partial charge in [0.2, 0.25) is 0 Å². The van der Waals surface area contributed by atoms with E-state index in [1.54, 1.807) is 13.0 Å². The van der Waals surface area contributed by atoms with Crippen molar-refractivity contribution in [2.24, 2.45) is 11.8 Å². The summed E-state index contributed by atoms with van der Waals surface area (Å²) in [5.74, 6) is 0.751. The zero-order valence-corrected chi connectivity index (χ0v) is 12.2. The summed E-state index contributed by atoms with van der Waals surface area (Å²) in [6, 6.07) is 0. The molecule has 3 heteroatoms. The van der Waals surface area contributed by atoms with Crippen LogP contribution in [0.4, 0.5) is 0 Å². The maximum atomic E-state index is 11.4. The predicted octanol–water partition coefficient (Wildman–Crippen LogP) is 3.32. The number of esters is 1. The van der Waals surface area contributed by atoms with Crippen molar-refractivity contribution in [1.82, 2.24) is 0 Å². The molecule has 0 aliphatic carbocycles.